The molecule has 1 N–H and O–H groups in total. The van der Waals surface area contributed by atoms with Crippen molar-refractivity contribution in [3.8, 4) is 0 Å². The highest BCUT2D eigenvalue weighted by Gasteiger charge is 2.19. The Hall–Kier alpha value is -0.410. The van der Waals surface area contributed by atoms with E-state index in [1.54, 1.807) is 0 Å². The van der Waals surface area contributed by atoms with E-state index in [2.05, 4.69) is 45.3 Å². The largest absolute Gasteiger partial charge is 0.308 e. The van der Waals surface area contributed by atoms with Crippen LogP contribution in [-0.2, 0) is 6.54 Å². The molecule has 0 aromatic carbocycles. The summed E-state index contributed by atoms with van der Waals surface area (Å²) in [6, 6.07) is 4.84. The molecule has 1 aromatic heterocycles. The molecule has 1 aliphatic rings. The third-order valence-electron chi connectivity index (χ3n) is 3.90. The Labute approximate surface area is 119 Å². The Morgan fingerprint density at radius 1 is 1.28 bits per heavy atom. The highest BCUT2D eigenvalue weighted by Crippen LogP contribution is 2.27. The lowest BCUT2D eigenvalue weighted by molar-refractivity contribution is 0.277. The maximum atomic E-state index is 4.40. The van der Waals surface area contributed by atoms with Gasteiger partial charge in [-0.25, -0.2) is 0 Å². The van der Waals surface area contributed by atoms with Gasteiger partial charge in [-0.05, 0) is 59.7 Å². The fraction of sp³-hybridized carbons (Fsp3) is 0.667. The van der Waals surface area contributed by atoms with Crippen LogP contribution in [-0.4, -0.2) is 11.0 Å². The minimum atomic E-state index is 0.698. The van der Waals surface area contributed by atoms with Crippen molar-refractivity contribution in [2.24, 2.45) is 5.92 Å². The lowest BCUT2D eigenvalue weighted by Crippen LogP contribution is -2.32. The summed E-state index contributed by atoms with van der Waals surface area (Å²) in [5, 5.41) is 3.64. The van der Waals surface area contributed by atoms with Gasteiger partial charge in [-0.15, -0.1) is 0 Å². The van der Waals surface area contributed by atoms with E-state index in [9.17, 15) is 0 Å². The molecule has 1 saturated carbocycles. The van der Waals surface area contributed by atoms with Gasteiger partial charge in [-0.2, -0.15) is 0 Å². The third-order valence-corrected chi connectivity index (χ3v) is 4.37. The van der Waals surface area contributed by atoms with Crippen molar-refractivity contribution in [2.45, 2.75) is 58.0 Å². The predicted octanol–water partition coefficient (Wildman–Crippen LogP) is 4.29. The SMILES string of the molecule is CCCC1CCC(NCc2ccc(Br)cn2)CC1. The third kappa shape index (κ3) is 4.36. The zero-order valence-electron chi connectivity index (χ0n) is 11.2. The summed E-state index contributed by atoms with van der Waals surface area (Å²) in [7, 11) is 0. The summed E-state index contributed by atoms with van der Waals surface area (Å²) in [5.41, 5.74) is 1.13. The Morgan fingerprint density at radius 2 is 2.06 bits per heavy atom. The molecule has 1 heterocycles. The molecular formula is C15H23BrN2. The summed E-state index contributed by atoms with van der Waals surface area (Å²) in [6.07, 6.45) is 10.1. The molecule has 1 fully saturated rings. The van der Waals surface area contributed by atoms with Gasteiger partial charge in [-0.1, -0.05) is 19.8 Å². The van der Waals surface area contributed by atoms with Crippen molar-refractivity contribution in [1.29, 1.82) is 0 Å². The minimum absolute atomic E-state index is 0.698. The summed E-state index contributed by atoms with van der Waals surface area (Å²) in [5.74, 6) is 0.985. The number of halogens is 1. The molecule has 100 valence electrons. The second kappa shape index (κ2) is 7.25. The zero-order valence-corrected chi connectivity index (χ0v) is 12.7. The average molecular weight is 311 g/mol. The lowest BCUT2D eigenvalue weighted by atomic mass is 9.83. The van der Waals surface area contributed by atoms with Crippen molar-refractivity contribution in [3.63, 3.8) is 0 Å². The topological polar surface area (TPSA) is 24.9 Å². The number of hydrogen-bond donors (Lipinski definition) is 1. The number of aromatic nitrogens is 1. The van der Waals surface area contributed by atoms with Gasteiger partial charge in [0.2, 0.25) is 0 Å². The summed E-state index contributed by atoms with van der Waals surface area (Å²) in [4.78, 5) is 4.40. The molecule has 1 aliphatic carbocycles. The van der Waals surface area contributed by atoms with Crippen molar-refractivity contribution < 1.29 is 0 Å². The van der Waals surface area contributed by atoms with E-state index in [-0.39, 0.29) is 0 Å². The van der Waals surface area contributed by atoms with Crippen LogP contribution in [0, 0.1) is 5.92 Å². The van der Waals surface area contributed by atoms with E-state index in [4.69, 9.17) is 0 Å². The van der Waals surface area contributed by atoms with Gasteiger partial charge in [0, 0.05) is 23.3 Å². The van der Waals surface area contributed by atoms with Crippen LogP contribution in [0.25, 0.3) is 0 Å². The minimum Gasteiger partial charge on any atom is -0.308 e. The molecule has 0 spiro atoms. The van der Waals surface area contributed by atoms with Gasteiger partial charge in [0.05, 0.1) is 5.69 Å². The van der Waals surface area contributed by atoms with Gasteiger partial charge in [0.15, 0.2) is 0 Å². The zero-order chi connectivity index (χ0) is 12.8. The highest BCUT2D eigenvalue weighted by atomic mass is 79.9. The monoisotopic (exact) mass is 310 g/mol. The standard InChI is InChI=1S/C15H23BrN2/c1-2-3-12-4-7-14(8-5-12)18-11-15-9-6-13(16)10-17-15/h6,9-10,12,14,18H,2-5,7-8,11H2,1H3. The van der Waals surface area contributed by atoms with Crippen LogP contribution in [0.3, 0.4) is 0 Å². The normalized spacial score (nSPS) is 24.1. The molecule has 3 heteroatoms. The van der Waals surface area contributed by atoms with Crippen LogP contribution in [0.5, 0.6) is 0 Å². The van der Waals surface area contributed by atoms with Crippen molar-refractivity contribution in [2.75, 3.05) is 0 Å². The molecule has 0 bridgehead atoms. The van der Waals surface area contributed by atoms with E-state index >= 15 is 0 Å². The average Bonchev–Trinajstić information content (AvgIpc) is 2.40. The maximum Gasteiger partial charge on any atom is 0.0542 e. The number of rotatable bonds is 5. The molecule has 2 nitrogen and oxygen atoms in total. The first-order valence-corrected chi connectivity index (χ1v) is 7.91. The number of hydrogen-bond acceptors (Lipinski definition) is 2. The number of pyridine rings is 1. The van der Waals surface area contributed by atoms with E-state index in [1.807, 2.05) is 6.20 Å². The summed E-state index contributed by atoms with van der Waals surface area (Å²) in [6.45, 7) is 3.19. The molecule has 0 atom stereocenters. The van der Waals surface area contributed by atoms with E-state index in [0.29, 0.717) is 6.04 Å². The fourth-order valence-corrected chi connectivity index (χ4v) is 3.06. The quantitative estimate of drug-likeness (QED) is 0.877. The molecule has 0 unspecified atom stereocenters. The molecule has 2 rings (SSSR count). The first kappa shape index (κ1) is 14.0. The van der Waals surface area contributed by atoms with Crippen molar-refractivity contribution >= 4 is 15.9 Å². The molecular weight excluding hydrogens is 288 g/mol. The van der Waals surface area contributed by atoms with E-state index in [0.717, 1.165) is 22.6 Å². The van der Waals surface area contributed by atoms with E-state index in [1.165, 1.54) is 38.5 Å². The van der Waals surface area contributed by atoms with Gasteiger partial charge in [0.25, 0.3) is 0 Å². The lowest BCUT2D eigenvalue weighted by Gasteiger charge is -2.29. The Morgan fingerprint density at radius 3 is 2.67 bits per heavy atom. The van der Waals surface area contributed by atoms with Crippen molar-refractivity contribution in [3.05, 3.63) is 28.5 Å². The second-order valence-electron chi connectivity index (χ2n) is 5.35. The predicted molar refractivity (Wildman–Crippen MR) is 79.4 cm³/mol. The summed E-state index contributed by atoms with van der Waals surface area (Å²) < 4.78 is 1.05. The Bertz CT molecular complexity index is 342. The molecule has 0 amide bonds. The van der Waals surface area contributed by atoms with Crippen LogP contribution >= 0.6 is 15.9 Å². The fourth-order valence-electron chi connectivity index (χ4n) is 2.82. The van der Waals surface area contributed by atoms with Crippen LogP contribution in [0.2, 0.25) is 0 Å². The van der Waals surface area contributed by atoms with Crippen LogP contribution < -0.4 is 5.32 Å². The first-order chi connectivity index (χ1) is 8.78. The van der Waals surface area contributed by atoms with Gasteiger partial charge >= 0.3 is 0 Å². The maximum absolute atomic E-state index is 4.40. The Kier molecular flexibility index (Phi) is 5.64. The van der Waals surface area contributed by atoms with Gasteiger partial charge in [0.1, 0.15) is 0 Å². The Balaban J connectivity index is 1.70. The van der Waals surface area contributed by atoms with Crippen LogP contribution in [0.1, 0.15) is 51.1 Å². The van der Waals surface area contributed by atoms with Gasteiger partial charge < -0.3 is 5.32 Å². The summed E-state index contributed by atoms with van der Waals surface area (Å²) >= 11 is 3.41. The van der Waals surface area contributed by atoms with Crippen molar-refractivity contribution in [1.82, 2.24) is 10.3 Å². The molecule has 0 saturated heterocycles. The van der Waals surface area contributed by atoms with Crippen LogP contribution in [0.15, 0.2) is 22.8 Å². The second-order valence-corrected chi connectivity index (χ2v) is 6.27. The van der Waals surface area contributed by atoms with E-state index < -0.39 is 0 Å². The number of nitrogens with one attached hydrogen (secondary N) is 1. The smallest absolute Gasteiger partial charge is 0.0542 e. The number of nitrogens with zero attached hydrogens (tertiary/aromatic N) is 1. The first-order valence-electron chi connectivity index (χ1n) is 7.11. The molecule has 18 heavy (non-hydrogen) atoms. The molecule has 1 aromatic rings. The van der Waals surface area contributed by atoms with Crippen LogP contribution in [0.4, 0.5) is 0 Å². The molecule has 0 aliphatic heterocycles. The highest BCUT2D eigenvalue weighted by molar-refractivity contribution is 9.10. The van der Waals surface area contributed by atoms with Gasteiger partial charge in [-0.3, -0.25) is 4.98 Å². The molecule has 0 radical (unpaired) electrons.